The van der Waals surface area contributed by atoms with Gasteiger partial charge < -0.3 is 26.0 Å². The van der Waals surface area contributed by atoms with Gasteiger partial charge in [0.1, 0.15) is 30.3 Å². The highest BCUT2D eigenvalue weighted by atomic mass is 16.5. The van der Waals surface area contributed by atoms with E-state index >= 15 is 0 Å². The average Bonchev–Trinajstić information content (AvgIpc) is 2.89. The van der Waals surface area contributed by atoms with E-state index < -0.39 is 59.9 Å². The van der Waals surface area contributed by atoms with Crippen molar-refractivity contribution < 1.29 is 28.7 Å². The molecule has 0 aromatic heterocycles. The van der Waals surface area contributed by atoms with Crippen LogP contribution < -0.4 is 21.3 Å². The van der Waals surface area contributed by atoms with E-state index in [4.69, 9.17) is 4.74 Å². The van der Waals surface area contributed by atoms with Crippen LogP contribution in [0.15, 0.2) is 30.3 Å². The predicted molar refractivity (Wildman–Crippen MR) is 166 cm³/mol. The highest BCUT2D eigenvalue weighted by Crippen LogP contribution is 2.17. The molecule has 0 radical (unpaired) electrons. The predicted octanol–water partition coefficient (Wildman–Crippen LogP) is 3.28. The number of rotatable bonds is 9. The molecule has 0 bridgehead atoms. The zero-order chi connectivity index (χ0) is 32.3. The van der Waals surface area contributed by atoms with Crippen LogP contribution in [-0.2, 0) is 35.1 Å². The van der Waals surface area contributed by atoms with Crippen molar-refractivity contribution in [2.75, 3.05) is 0 Å². The van der Waals surface area contributed by atoms with Crippen LogP contribution in [0.3, 0.4) is 0 Å². The summed E-state index contributed by atoms with van der Waals surface area (Å²) in [6.45, 7) is 15.3. The Hall–Kier alpha value is -3.43. The lowest BCUT2D eigenvalue weighted by molar-refractivity contribution is -0.156. The third-order valence-electron chi connectivity index (χ3n) is 7.26. The number of carbonyl (C=O) groups excluding carboxylic acids is 5. The number of carbonyl (C=O) groups is 5. The summed E-state index contributed by atoms with van der Waals surface area (Å²) in [6, 6.07) is 5.45. The number of hydrogen-bond acceptors (Lipinski definition) is 6. The Morgan fingerprint density at radius 1 is 0.651 bits per heavy atom. The van der Waals surface area contributed by atoms with E-state index in [-0.39, 0.29) is 36.5 Å². The van der Waals surface area contributed by atoms with Crippen LogP contribution in [0.1, 0.15) is 86.6 Å². The van der Waals surface area contributed by atoms with E-state index in [0.29, 0.717) is 19.3 Å². The summed E-state index contributed by atoms with van der Waals surface area (Å²) in [6.07, 6.45) is 0.396. The van der Waals surface area contributed by atoms with E-state index in [1.165, 1.54) is 0 Å². The summed E-state index contributed by atoms with van der Waals surface area (Å²) in [7, 11) is 0. The van der Waals surface area contributed by atoms with Crippen molar-refractivity contribution in [2.45, 2.75) is 118 Å². The molecule has 0 aliphatic carbocycles. The number of amides is 4. The summed E-state index contributed by atoms with van der Waals surface area (Å²) in [4.78, 5) is 67.5. The maximum atomic E-state index is 13.8. The van der Waals surface area contributed by atoms with Crippen LogP contribution in [0.25, 0.3) is 0 Å². The van der Waals surface area contributed by atoms with E-state index in [9.17, 15) is 24.0 Å². The molecule has 10 nitrogen and oxygen atoms in total. The number of ether oxygens (including phenoxy) is 1. The van der Waals surface area contributed by atoms with Crippen molar-refractivity contribution in [3.05, 3.63) is 35.9 Å². The highest BCUT2D eigenvalue weighted by molar-refractivity contribution is 5.95. The number of cyclic esters (lactones) is 1. The fourth-order valence-corrected chi connectivity index (χ4v) is 5.17. The molecule has 1 fully saturated rings. The van der Waals surface area contributed by atoms with Crippen LogP contribution in [-0.4, -0.2) is 59.9 Å². The van der Waals surface area contributed by atoms with Crippen molar-refractivity contribution >= 4 is 29.6 Å². The molecule has 5 atom stereocenters. The summed E-state index contributed by atoms with van der Waals surface area (Å²) in [5, 5.41) is 11.3. The molecule has 0 saturated carbocycles. The van der Waals surface area contributed by atoms with Crippen LogP contribution in [0.4, 0.5) is 0 Å². The van der Waals surface area contributed by atoms with E-state index in [1.807, 2.05) is 85.7 Å². The number of benzene rings is 1. The standard InChI is InChI=1S/C33H52N4O6/c1-19(2)14-24-18-28(38)37-29(22(7)8)32(41)35-25(15-20(3)4)30(39)34-26(17-23-12-10-9-11-13-23)31(40)36-27(16-21(5)6)33(42)43-24/h9-13,19-22,24-27,29H,14-18H2,1-8H3,(H,34,39)(H,35,41)(H,36,40)(H,37,38)/t24-,25+,26+,27+,29+/m1/s1. The smallest absolute Gasteiger partial charge is 0.328 e. The molecule has 0 unspecified atom stereocenters. The Balaban J connectivity index is 2.56. The second kappa shape index (κ2) is 17.0. The number of nitrogens with one attached hydrogen (secondary N) is 4. The second-order valence-electron chi connectivity index (χ2n) is 13.3. The molecule has 1 aromatic rings. The van der Waals surface area contributed by atoms with Gasteiger partial charge in [0.2, 0.25) is 23.6 Å². The minimum absolute atomic E-state index is 0.0508. The second-order valence-corrected chi connectivity index (χ2v) is 13.3. The Bertz CT molecular complexity index is 1090. The van der Waals surface area contributed by atoms with Crippen molar-refractivity contribution in [1.82, 2.24) is 21.3 Å². The van der Waals surface area contributed by atoms with Crippen molar-refractivity contribution in [3.8, 4) is 0 Å². The largest absolute Gasteiger partial charge is 0.460 e. The van der Waals surface area contributed by atoms with E-state index in [0.717, 1.165) is 5.56 Å². The molecule has 1 heterocycles. The fourth-order valence-electron chi connectivity index (χ4n) is 5.17. The topological polar surface area (TPSA) is 143 Å². The lowest BCUT2D eigenvalue weighted by Crippen LogP contribution is -2.59. The van der Waals surface area contributed by atoms with Gasteiger partial charge in [0.15, 0.2) is 0 Å². The van der Waals surface area contributed by atoms with Gasteiger partial charge in [-0.15, -0.1) is 0 Å². The lowest BCUT2D eigenvalue weighted by Gasteiger charge is -2.30. The zero-order valence-corrected chi connectivity index (χ0v) is 27.1. The lowest BCUT2D eigenvalue weighted by atomic mass is 9.98. The quantitative estimate of drug-likeness (QED) is 0.321. The Morgan fingerprint density at radius 2 is 1.16 bits per heavy atom. The van der Waals surface area contributed by atoms with Gasteiger partial charge in [0.05, 0.1) is 6.42 Å². The van der Waals surface area contributed by atoms with Crippen LogP contribution in [0.5, 0.6) is 0 Å². The van der Waals surface area contributed by atoms with Gasteiger partial charge in [-0.2, -0.15) is 0 Å². The maximum absolute atomic E-state index is 13.8. The Morgan fingerprint density at radius 3 is 1.72 bits per heavy atom. The summed E-state index contributed by atoms with van der Waals surface area (Å²) >= 11 is 0. The Kier molecular flexibility index (Phi) is 14.1. The summed E-state index contributed by atoms with van der Waals surface area (Å²) in [5.41, 5.74) is 0.823. The van der Waals surface area contributed by atoms with Crippen LogP contribution in [0.2, 0.25) is 0 Å². The molecule has 1 aromatic carbocycles. The average molecular weight is 601 g/mol. The number of esters is 1. The third kappa shape index (κ3) is 12.4. The molecule has 1 aliphatic rings. The van der Waals surface area contributed by atoms with Crippen molar-refractivity contribution in [2.24, 2.45) is 23.7 Å². The molecule has 2 rings (SSSR count). The van der Waals surface area contributed by atoms with Gasteiger partial charge in [-0.05, 0) is 48.5 Å². The molecule has 1 saturated heterocycles. The fraction of sp³-hybridized carbons (Fsp3) is 0.667. The SMILES string of the molecule is CC(C)C[C@@H]1CC(=O)N[C@@H](C(C)C)C(=O)N[C@@H](CC(C)C)C(=O)N[C@@H](Cc2ccccc2)C(=O)N[C@@H](CC(C)C)C(=O)O1. The zero-order valence-electron chi connectivity index (χ0n) is 27.1. The normalized spacial score (nSPS) is 24.9. The molecular weight excluding hydrogens is 548 g/mol. The molecule has 4 N–H and O–H groups in total. The maximum Gasteiger partial charge on any atom is 0.328 e. The first-order valence-electron chi connectivity index (χ1n) is 15.6. The monoisotopic (exact) mass is 600 g/mol. The first kappa shape index (κ1) is 35.8. The van der Waals surface area contributed by atoms with Crippen molar-refractivity contribution in [1.29, 1.82) is 0 Å². The molecule has 0 spiro atoms. The van der Waals surface area contributed by atoms with E-state index in [1.54, 1.807) is 0 Å². The van der Waals surface area contributed by atoms with Gasteiger partial charge in [-0.1, -0.05) is 85.7 Å². The summed E-state index contributed by atoms with van der Waals surface area (Å²) < 4.78 is 5.85. The van der Waals surface area contributed by atoms with Gasteiger partial charge in [-0.25, -0.2) is 4.79 Å². The van der Waals surface area contributed by atoms with Crippen LogP contribution >= 0.6 is 0 Å². The van der Waals surface area contributed by atoms with Crippen LogP contribution in [0, 0.1) is 23.7 Å². The van der Waals surface area contributed by atoms with Gasteiger partial charge in [-0.3, -0.25) is 19.2 Å². The highest BCUT2D eigenvalue weighted by Gasteiger charge is 2.35. The first-order chi connectivity index (χ1) is 20.2. The molecular formula is C33H52N4O6. The first-order valence-corrected chi connectivity index (χ1v) is 15.6. The Labute approximate surface area is 256 Å². The molecule has 43 heavy (non-hydrogen) atoms. The van der Waals surface area contributed by atoms with E-state index in [2.05, 4.69) is 21.3 Å². The van der Waals surface area contributed by atoms with Gasteiger partial charge in [0.25, 0.3) is 0 Å². The molecule has 10 heteroatoms. The third-order valence-corrected chi connectivity index (χ3v) is 7.26. The van der Waals surface area contributed by atoms with Gasteiger partial charge in [0, 0.05) is 6.42 Å². The summed E-state index contributed by atoms with van der Waals surface area (Å²) in [5.74, 6) is -2.64. The minimum Gasteiger partial charge on any atom is -0.460 e. The minimum atomic E-state index is -1.01. The number of hydrogen-bond donors (Lipinski definition) is 4. The molecule has 240 valence electrons. The van der Waals surface area contributed by atoms with Crippen molar-refractivity contribution in [3.63, 3.8) is 0 Å². The van der Waals surface area contributed by atoms with Gasteiger partial charge >= 0.3 is 5.97 Å². The molecule has 1 aliphatic heterocycles. The molecule has 4 amide bonds.